The van der Waals surface area contributed by atoms with Crippen LogP contribution >= 0.6 is 0 Å². The van der Waals surface area contributed by atoms with Crippen molar-refractivity contribution in [1.29, 1.82) is 0 Å². The summed E-state index contributed by atoms with van der Waals surface area (Å²) in [4.78, 5) is 11.7. The first-order valence-electron chi connectivity index (χ1n) is 6.43. The van der Waals surface area contributed by atoms with Crippen molar-refractivity contribution in [3.63, 3.8) is 0 Å². The van der Waals surface area contributed by atoms with E-state index in [4.69, 9.17) is 14.3 Å². The topological polar surface area (TPSA) is 59.7 Å². The lowest BCUT2D eigenvalue weighted by Crippen LogP contribution is -2.09. The second-order valence-corrected chi connectivity index (χ2v) is 4.90. The Labute approximate surface area is 117 Å². The summed E-state index contributed by atoms with van der Waals surface area (Å²) in [6, 6.07) is 5.41. The molecule has 0 aliphatic rings. The van der Waals surface area contributed by atoms with E-state index in [0.717, 1.165) is 16.7 Å². The van der Waals surface area contributed by atoms with Crippen molar-refractivity contribution in [3.8, 4) is 5.75 Å². The number of rotatable bonds is 4. The molecule has 4 nitrogen and oxygen atoms in total. The van der Waals surface area contributed by atoms with E-state index >= 15 is 0 Å². The summed E-state index contributed by atoms with van der Waals surface area (Å²) in [6.45, 7) is 6.12. The zero-order valence-electron chi connectivity index (χ0n) is 11.9. The first-order chi connectivity index (χ1) is 9.51. The molecule has 0 saturated carbocycles. The van der Waals surface area contributed by atoms with Crippen LogP contribution in [0.4, 0.5) is 0 Å². The smallest absolute Gasteiger partial charge is 0.227 e. The fraction of sp³-hybridized carbons (Fsp3) is 0.312. The molecule has 20 heavy (non-hydrogen) atoms. The van der Waals surface area contributed by atoms with Gasteiger partial charge in [0.1, 0.15) is 25.2 Å². The summed E-state index contributed by atoms with van der Waals surface area (Å²) in [5.74, 6) is 0.381. The lowest BCUT2D eigenvalue weighted by molar-refractivity contribution is 0.236. The average Bonchev–Trinajstić information content (AvgIpc) is 2.39. The van der Waals surface area contributed by atoms with E-state index in [2.05, 4.69) is 12.1 Å². The van der Waals surface area contributed by atoms with Gasteiger partial charge in [-0.1, -0.05) is 17.7 Å². The molecule has 1 aromatic heterocycles. The van der Waals surface area contributed by atoms with Crippen LogP contribution in [0.25, 0.3) is 0 Å². The Hall–Kier alpha value is -2.07. The summed E-state index contributed by atoms with van der Waals surface area (Å²) >= 11 is 0. The van der Waals surface area contributed by atoms with Gasteiger partial charge in [0.15, 0.2) is 0 Å². The van der Waals surface area contributed by atoms with E-state index < -0.39 is 0 Å². The first-order valence-corrected chi connectivity index (χ1v) is 6.43. The van der Waals surface area contributed by atoms with Gasteiger partial charge in [0, 0.05) is 6.07 Å². The fourth-order valence-corrected chi connectivity index (χ4v) is 2.21. The maximum absolute atomic E-state index is 11.7. The molecule has 2 aromatic rings. The molecule has 0 unspecified atom stereocenters. The van der Waals surface area contributed by atoms with Crippen LogP contribution in [-0.4, -0.2) is 5.11 Å². The summed E-state index contributed by atoms with van der Waals surface area (Å²) < 4.78 is 10.6. The van der Waals surface area contributed by atoms with Gasteiger partial charge < -0.3 is 14.3 Å². The lowest BCUT2D eigenvalue weighted by atomic mass is 10.0. The quantitative estimate of drug-likeness (QED) is 0.931. The van der Waals surface area contributed by atoms with Crippen molar-refractivity contribution in [1.82, 2.24) is 0 Å². The van der Waals surface area contributed by atoms with Crippen LogP contribution in [0.2, 0.25) is 0 Å². The molecule has 0 bridgehead atoms. The molecule has 0 radical (unpaired) electrons. The summed E-state index contributed by atoms with van der Waals surface area (Å²) in [5, 5.41) is 8.89. The van der Waals surface area contributed by atoms with E-state index in [1.807, 2.05) is 20.8 Å². The number of hydrogen-bond donors (Lipinski definition) is 1. The van der Waals surface area contributed by atoms with Crippen molar-refractivity contribution in [2.45, 2.75) is 34.0 Å². The van der Waals surface area contributed by atoms with Gasteiger partial charge in [-0.2, -0.15) is 0 Å². The third kappa shape index (κ3) is 3.08. The summed E-state index contributed by atoms with van der Waals surface area (Å²) in [6.07, 6.45) is 1.24. The van der Waals surface area contributed by atoms with Crippen LogP contribution in [0.15, 0.2) is 33.7 Å². The van der Waals surface area contributed by atoms with E-state index in [-0.39, 0.29) is 23.5 Å². The highest BCUT2D eigenvalue weighted by Crippen LogP contribution is 2.18. The molecule has 0 aliphatic carbocycles. The highest BCUT2D eigenvalue weighted by atomic mass is 16.5. The van der Waals surface area contributed by atoms with Gasteiger partial charge in [-0.25, -0.2) is 0 Å². The van der Waals surface area contributed by atoms with E-state index in [9.17, 15) is 4.79 Å². The molecule has 0 spiro atoms. The van der Waals surface area contributed by atoms with Gasteiger partial charge in [0.25, 0.3) is 0 Å². The van der Waals surface area contributed by atoms with Gasteiger partial charge in [0.05, 0.1) is 0 Å². The molecule has 0 aliphatic heterocycles. The number of aryl methyl sites for hydroxylation is 3. The van der Waals surface area contributed by atoms with Gasteiger partial charge in [-0.05, 0) is 37.5 Å². The van der Waals surface area contributed by atoms with Crippen LogP contribution in [0.5, 0.6) is 5.75 Å². The number of aliphatic hydroxyl groups is 1. The molecule has 1 heterocycles. The molecule has 106 valence electrons. The van der Waals surface area contributed by atoms with Crippen LogP contribution in [0.3, 0.4) is 0 Å². The Morgan fingerprint density at radius 2 is 1.80 bits per heavy atom. The van der Waals surface area contributed by atoms with Crippen molar-refractivity contribution < 1.29 is 14.3 Å². The monoisotopic (exact) mass is 274 g/mol. The predicted molar refractivity (Wildman–Crippen MR) is 75.9 cm³/mol. The normalized spacial score (nSPS) is 10.6. The van der Waals surface area contributed by atoms with E-state index in [1.165, 1.54) is 17.9 Å². The molecule has 1 aromatic carbocycles. The van der Waals surface area contributed by atoms with Gasteiger partial charge in [0.2, 0.25) is 11.2 Å². The third-order valence-electron chi connectivity index (χ3n) is 3.22. The minimum Gasteiger partial charge on any atom is -0.482 e. The second kappa shape index (κ2) is 5.92. The number of hydrogen-bond acceptors (Lipinski definition) is 4. The van der Waals surface area contributed by atoms with Gasteiger partial charge in [-0.3, -0.25) is 4.79 Å². The van der Waals surface area contributed by atoms with Gasteiger partial charge in [-0.15, -0.1) is 0 Å². The maximum Gasteiger partial charge on any atom is 0.227 e. The molecule has 0 saturated heterocycles. The Balaban J connectivity index is 2.19. The summed E-state index contributed by atoms with van der Waals surface area (Å²) in [5.41, 5.74) is 4.26. The van der Waals surface area contributed by atoms with Crippen LogP contribution < -0.4 is 10.2 Å². The molecule has 0 atom stereocenters. The second-order valence-electron chi connectivity index (χ2n) is 4.90. The van der Waals surface area contributed by atoms with E-state index in [0.29, 0.717) is 6.61 Å². The number of aliphatic hydroxyl groups excluding tert-OH is 1. The minimum absolute atomic E-state index is 0.154. The zero-order chi connectivity index (χ0) is 14.7. The summed E-state index contributed by atoms with van der Waals surface area (Å²) in [7, 11) is 0. The van der Waals surface area contributed by atoms with Crippen LogP contribution in [-0.2, 0) is 13.2 Å². The van der Waals surface area contributed by atoms with Gasteiger partial charge >= 0.3 is 0 Å². The highest BCUT2D eigenvalue weighted by Gasteiger charge is 2.08. The molecule has 4 heteroatoms. The number of benzene rings is 1. The van der Waals surface area contributed by atoms with Crippen molar-refractivity contribution in [2.75, 3.05) is 0 Å². The minimum atomic E-state index is -0.300. The Kier molecular flexibility index (Phi) is 4.25. The largest absolute Gasteiger partial charge is 0.482 e. The zero-order valence-corrected chi connectivity index (χ0v) is 11.9. The van der Waals surface area contributed by atoms with Crippen LogP contribution in [0.1, 0.15) is 28.0 Å². The standard InChI is InChI=1S/C16H18O4/c1-10-4-11(2)14(12(3)5-10)8-20-16-9-19-13(7-17)6-15(16)18/h4-6,9,17H,7-8H2,1-3H3. The Morgan fingerprint density at radius 1 is 1.15 bits per heavy atom. The fourth-order valence-electron chi connectivity index (χ4n) is 2.21. The van der Waals surface area contributed by atoms with Crippen LogP contribution in [0, 0.1) is 20.8 Å². The maximum atomic E-state index is 11.7. The molecule has 0 fully saturated rings. The molecule has 0 amide bonds. The van der Waals surface area contributed by atoms with Crippen molar-refractivity contribution in [2.24, 2.45) is 0 Å². The SMILES string of the molecule is Cc1cc(C)c(COc2coc(CO)cc2=O)c(C)c1. The Morgan fingerprint density at radius 3 is 2.35 bits per heavy atom. The molecular weight excluding hydrogens is 256 g/mol. The average molecular weight is 274 g/mol. The highest BCUT2D eigenvalue weighted by molar-refractivity contribution is 5.37. The molecular formula is C16H18O4. The molecule has 2 rings (SSSR count). The number of ether oxygens (including phenoxy) is 1. The first kappa shape index (κ1) is 14.3. The molecule has 1 N–H and O–H groups in total. The Bertz CT molecular complexity index is 647. The van der Waals surface area contributed by atoms with E-state index in [1.54, 1.807) is 0 Å². The third-order valence-corrected chi connectivity index (χ3v) is 3.22. The predicted octanol–water partition coefficient (Wildman–Crippen LogP) is 2.64. The van der Waals surface area contributed by atoms with Crippen molar-refractivity contribution >= 4 is 0 Å². The lowest BCUT2D eigenvalue weighted by Gasteiger charge is -2.12. The van der Waals surface area contributed by atoms with Crippen molar-refractivity contribution in [3.05, 3.63) is 62.7 Å².